The van der Waals surface area contributed by atoms with Gasteiger partial charge >= 0.3 is 5.97 Å². The summed E-state index contributed by atoms with van der Waals surface area (Å²) < 4.78 is 16.2. The van der Waals surface area contributed by atoms with E-state index in [4.69, 9.17) is 14.2 Å². The van der Waals surface area contributed by atoms with E-state index in [0.29, 0.717) is 12.0 Å². The van der Waals surface area contributed by atoms with Gasteiger partial charge in [-0.2, -0.15) is 0 Å². The van der Waals surface area contributed by atoms with Gasteiger partial charge < -0.3 is 34.6 Å². The third kappa shape index (κ3) is 8.10. The zero-order valence-electron chi connectivity index (χ0n) is 21.5. The van der Waals surface area contributed by atoms with Crippen LogP contribution in [-0.2, 0) is 30.8 Å². The summed E-state index contributed by atoms with van der Waals surface area (Å²) in [7, 11) is 1.42. The van der Waals surface area contributed by atoms with Gasteiger partial charge in [0.2, 0.25) is 0 Å². The molecule has 0 aromatic heterocycles. The van der Waals surface area contributed by atoms with Gasteiger partial charge in [-0.05, 0) is 30.0 Å². The van der Waals surface area contributed by atoms with Crippen LogP contribution < -0.4 is 0 Å². The lowest BCUT2D eigenvalue weighted by Gasteiger charge is -2.34. The molecule has 1 aliphatic heterocycles. The zero-order valence-corrected chi connectivity index (χ0v) is 21.5. The highest BCUT2D eigenvalue weighted by atomic mass is 16.7. The molecule has 4 N–H and O–H groups in total. The Morgan fingerprint density at radius 3 is 2.60 bits per heavy atom. The van der Waals surface area contributed by atoms with Crippen LogP contribution in [0.15, 0.2) is 35.9 Å². The molecule has 1 aromatic carbocycles. The summed E-state index contributed by atoms with van der Waals surface area (Å²) in [6.45, 7) is 7.27. The van der Waals surface area contributed by atoms with Crippen molar-refractivity contribution in [2.75, 3.05) is 20.5 Å². The highest BCUT2D eigenvalue weighted by molar-refractivity contribution is 5.76. The molecule has 6 atom stereocenters. The van der Waals surface area contributed by atoms with Crippen LogP contribution in [0.5, 0.6) is 0 Å². The van der Waals surface area contributed by atoms with Gasteiger partial charge in [0.1, 0.15) is 12.9 Å². The van der Waals surface area contributed by atoms with Crippen LogP contribution in [0.2, 0.25) is 0 Å². The highest BCUT2D eigenvalue weighted by Gasteiger charge is 2.36. The number of cyclic esters (lactones) is 1. The Balaban J connectivity index is 2.49. The molecule has 8 nitrogen and oxygen atoms in total. The molecule has 0 saturated carbocycles. The minimum atomic E-state index is -1.30. The molecule has 198 valence electrons. The molecule has 0 aliphatic carbocycles. The van der Waals surface area contributed by atoms with Gasteiger partial charge in [0, 0.05) is 44.3 Å². The van der Waals surface area contributed by atoms with Gasteiger partial charge in [-0.3, -0.25) is 0 Å². The summed E-state index contributed by atoms with van der Waals surface area (Å²) in [5.74, 6) is -0.898. The Morgan fingerprint density at radius 2 is 1.97 bits per heavy atom. The normalized spacial score (nSPS) is 29.2. The molecule has 8 heteroatoms. The van der Waals surface area contributed by atoms with Crippen molar-refractivity contribution in [1.82, 2.24) is 0 Å². The van der Waals surface area contributed by atoms with Gasteiger partial charge in [-0.1, -0.05) is 51.1 Å². The van der Waals surface area contributed by atoms with Crippen molar-refractivity contribution in [3.63, 3.8) is 0 Å². The van der Waals surface area contributed by atoms with E-state index in [1.165, 1.54) is 7.11 Å². The Hall–Kier alpha value is -1.81. The van der Waals surface area contributed by atoms with E-state index in [9.17, 15) is 25.2 Å². The van der Waals surface area contributed by atoms with E-state index in [0.717, 1.165) is 11.1 Å². The number of aliphatic hydroxyl groups is 4. The van der Waals surface area contributed by atoms with Crippen LogP contribution in [-0.4, -0.2) is 77.4 Å². The van der Waals surface area contributed by atoms with Crippen molar-refractivity contribution in [2.45, 2.75) is 89.3 Å². The van der Waals surface area contributed by atoms with Gasteiger partial charge in [-0.15, -0.1) is 0 Å². The summed E-state index contributed by atoms with van der Waals surface area (Å²) >= 11 is 0. The van der Waals surface area contributed by atoms with E-state index in [1.807, 2.05) is 51.1 Å². The van der Waals surface area contributed by atoms with Gasteiger partial charge in [0.25, 0.3) is 0 Å². The maximum Gasteiger partial charge on any atom is 0.338 e. The van der Waals surface area contributed by atoms with Gasteiger partial charge in [-0.25, -0.2) is 4.79 Å². The molecule has 0 spiro atoms. The third-order valence-corrected chi connectivity index (χ3v) is 6.90. The molecule has 1 aliphatic rings. The van der Waals surface area contributed by atoms with Gasteiger partial charge in [0.15, 0.2) is 6.10 Å². The first-order valence-electron chi connectivity index (χ1n) is 12.3. The number of aliphatic hydroxyl groups excluding tert-OH is 4. The van der Waals surface area contributed by atoms with Gasteiger partial charge in [0.05, 0.1) is 18.3 Å². The van der Waals surface area contributed by atoms with Crippen LogP contribution >= 0.6 is 0 Å². The van der Waals surface area contributed by atoms with Crippen LogP contribution in [0.1, 0.15) is 58.1 Å². The molecule has 1 heterocycles. The fourth-order valence-corrected chi connectivity index (χ4v) is 4.33. The maximum atomic E-state index is 13.2. The van der Waals surface area contributed by atoms with Crippen LogP contribution in [0.4, 0.5) is 0 Å². The Labute approximate surface area is 208 Å². The number of fused-ring (bicyclic) bond motifs is 2. The average Bonchev–Trinajstić information content (AvgIpc) is 2.81. The number of ether oxygens (including phenoxy) is 3. The first-order valence-corrected chi connectivity index (χ1v) is 12.3. The maximum absolute atomic E-state index is 13.2. The van der Waals surface area contributed by atoms with Crippen LogP contribution in [0.3, 0.4) is 0 Å². The molecule has 0 radical (unpaired) electrons. The molecule has 2 bridgehead atoms. The molecule has 0 saturated heterocycles. The molecular formula is C27H42O8. The molecular weight excluding hydrogens is 452 g/mol. The number of hydrogen-bond donors (Lipinski definition) is 4. The van der Waals surface area contributed by atoms with Crippen molar-refractivity contribution in [3.8, 4) is 0 Å². The Morgan fingerprint density at radius 1 is 1.26 bits per heavy atom. The second-order valence-corrected chi connectivity index (χ2v) is 10.0. The van der Waals surface area contributed by atoms with Crippen LogP contribution in [0.25, 0.3) is 0 Å². The van der Waals surface area contributed by atoms with Crippen molar-refractivity contribution < 1.29 is 39.4 Å². The number of carbonyl (C=O) groups excluding carboxylic acids is 1. The number of hydrogen-bond acceptors (Lipinski definition) is 8. The second kappa shape index (κ2) is 13.5. The van der Waals surface area contributed by atoms with Crippen molar-refractivity contribution >= 4 is 5.97 Å². The first-order chi connectivity index (χ1) is 16.5. The van der Waals surface area contributed by atoms with E-state index >= 15 is 0 Å². The Bertz CT molecular complexity index is 832. The predicted octanol–water partition coefficient (Wildman–Crippen LogP) is 2.25. The number of methoxy groups -OCH3 is 1. The van der Waals surface area contributed by atoms with E-state index in [2.05, 4.69) is 0 Å². The predicted molar refractivity (Wildman–Crippen MR) is 132 cm³/mol. The molecule has 0 fully saturated rings. The third-order valence-electron chi connectivity index (χ3n) is 6.90. The number of benzene rings is 1. The summed E-state index contributed by atoms with van der Waals surface area (Å²) in [4.78, 5) is 13.2. The first kappa shape index (κ1) is 29.4. The molecule has 35 heavy (non-hydrogen) atoms. The summed E-state index contributed by atoms with van der Waals surface area (Å²) in [5.41, 5.74) is 1.63. The quantitative estimate of drug-likeness (QED) is 0.258. The lowest BCUT2D eigenvalue weighted by atomic mass is 9.76. The fourth-order valence-electron chi connectivity index (χ4n) is 4.33. The lowest BCUT2D eigenvalue weighted by molar-refractivity contribution is -0.180. The van der Waals surface area contributed by atoms with Crippen molar-refractivity contribution in [2.24, 2.45) is 5.92 Å². The topological polar surface area (TPSA) is 126 Å². The van der Waals surface area contributed by atoms with Crippen LogP contribution in [0, 0.1) is 5.92 Å². The molecule has 2 rings (SSSR count). The average molecular weight is 495 g/mol. The SMILES string of the molecule is CC[C@H](/C=C(/C)C1C[C@@H](O)C[C@H](O)C(C)(C)c2cccc(c2)C[C@@H](O)[C@H](OCOC)C(=O)O1)CO. The van der Waals surface area contributed by atoms with Crippen molar-refractivity contribution in [1.29, 1.82) is 0 Å². The summed E-state index contributed by atoms with van der Waals surface area (Å²) in [5, 5.41) is 42.5. The van der Waals surface area contributed by atoms with E-state index in [1.54, 1.807) is 6.92 Å². The monoisotopic (exact) mass is 494 g/mol. The Kier molecular flexibility index (Phi) is 11.3. The minimum absolute atomic E-state index is 0.0518. The molecule has 1 unspecified atom stereocenters. The molecule has 1 aromatic rings. The standard InChI is InChI=1S/C27H42O8/c1-6-18(15-28)10-17(2)23-13-21(29)14-24(31)27(3,4)20-9-7-8-19(11-20)12-22(30)25(26(32)35-23)34-16-33-5/h7-11,18,21-25,28-31H,6,12-16H2,1-5H3/b17-10-/t18-,21-,22-,23?,24+,25+/m1/s1. The largest absolute Gasteiger partial charge is 0.456 e. The summed E-state index contributed by atoms with van der Waals surface area (Å²) in [6, 6.07) is 7.47. The summed E-state index contributed by atoms with van der Waals surface area (Å²) in [6.07, 6.45) is -2.36. The lowest BCUT2D eigenvalue weighted by Crippen LogP contribution is -2.43. The number of carbonyl (C=O) groups is 1. The highest BCUT2D eigenvalue weighted by Crippen LogP contribution is 2.32. The minimum Gasteiger partial charge on any atom is -0.456 e. The molecule has 0 amide bonds. The fraction of sp³-hybridized carbons (Fsp3) is 0.667. The second-order valence-electron chi connectivity index (χ2n) is 10.0. The zero-order chi connectivity index (χ0) is 26.2. The number of rotatable bonds is 7. The van der Waals surface area contributed by atoms with E-state index < -0.39 is 41.9 Å². The van der Waals surface area contributed by atoms with Crippen molar-refractivity contribution in [3.05, 3.63) is 47.0 Å². The number of esters is 1. The smallest absolute Gasteiger partial charge is 0.338 e. The van der Waals surface area contributed by atoms with E-state index in [-0.39, 0.29) is 38.6 Å².